The van der Waals surface area contributed by atoms with Gasteiger partial charge in [0.15, 0.2) is 5.13 Å². The van der Waals surface area contributed by atoms with E-state index >= 15 is 0 Å². The quantitative estimate of drug-likeness (QED) is 0.920. The summed E-state index contributed by atoms with van der Waals surface area (Å²) in [5.41, 5.74) is 0. The summed E-state index contributed by atoms with van der Waals surface area (Å²) in [6, 6.07) is 1.93. The molecule has 0 bridgehead atoms. The molecule has 1 atom stereocenters. The Morgan fingerprint density at radius 2 is 2.64 bits per heavy atom. The van der Waals surface area contributed by atoms with Crippen molar-refractivity contribution in [1.82, 2.24) is 4.98 Å². The average molecular weight is 274 g/mol. The number of hydrogen-bond donors (Lipinski definition) is 1. The van der Waals surface area contributed by atoms with Gasteiger partial charge in [-0.05, 0) is 22.4 Å². The van der Waals surface area contributed by atoms with Crippen LogP contribution in [-0.2, 0) is 4.79 Å². The Hall–Kier alpha value is -0.930. The van der Waals surface area contributed by atoms with Crippen LogP contribution in [0.3, 0.4) is 0 Å². The molecule has 0 aromatic carbocycles. The minimum absolute atomic E-state index is 0.295. The van der Waals surface area contributed by atoms with Crippen molar-refractivity contribution in [1.29, 1.82) is 5.26 Å². The standard InChI is InChI=1S/C8H8BrN3OS/c1-2-5(3-10)7(13)12-8-11-4-6(9)14-8/h4-5H,2H2,1H3,(H,11,12,13). The average Bonchev–Trinajstić information content (AvgIpc) is 2.53. The summed E-state index contributed by atoms with van der Waals surface area (Å²) in [7, 11) is 0. The molecule has 0 aliphatic rings. The monoisotopic (exact) mass is 273 g/mol. The highest BCUT2D eigenvalue weighted by Gasteiger charge is 2.16. The van der Waals surface area contributed by atoms with Gasteiger partial charge in [0.2, 0.25) is 5.91 Å². The van der Waals surface area contributed by atoms with Crippen LogP contribution in [0.15, 0.2) is 9.98 Å². The lowest BCUT2D eigenvalue weighted by Gasteiger charge is -2.04. The number of halogens is 1. The molecule has 0 radical (unpaired) electrons. The molecule has 1 aromatic rings. The summed E-state index contributed by atoms with van der Waals surface area (Å²) in [4.78, 5) is 15.3. The molecular weight excluding hydrogens is 266 g/mol. The van der Waals surface area contributed by atoms with Gasteiger partial charge in [0.05, 0.1) is 16.1 Å². The lowest BCUT2D eigenvalue weighted by atomic mass is 10.1. The molecule has 1 rings (SSSR count). The fourth-order valence-electron chi connectivity index (χ4n) is 0.840. The van der Waals surface area contributed by atoms with Crippen molar-refractivity contribution in [3.05, 3.63) is 9.98 Å². The molecule has 1 unspecified atom stereocenters. The van der Waals surface area contributed by atoms with E-state index in [2.05, 4.69) is 26.2 Å². The number of anilines is 1. The van der Waals surface area contributed by atoms with Crippen LogP contribution in [0.5, 0.6) is 0 Å². The van der Waals surface area contributed by atoms with Crippen molar-refractivity contribution < 1.29 is 4.79 Å². The number of nitrogens with zero attached hydrogens (tertiary/aromatic N) is 2. The maximum Gasteiger partial charge on any atom is 0.243 e. The van der Waals surface area contributed by atoms with Gasteiger partial charge in [0, 0.05) is 0 Å². The molecule has 0 aliphatic heterocycles. The van der Waals surface area contributed by atoms with E-state index in [0.717, 1.165) is 3.79 Å². The summed E-state index contributed by atoms with van der Waals surface area (Å²) in [6.07, 6.45) is 2.11. The van der Waals surface area contributed by atoms with Gasteiger partial charge in [0.25, 0.3) is 0 Å². The molecule has 74 valence electrons. The highest BCUT2D eigenvalue weighted by atomic mass is 79.9. The zero-order chi connectivity index (χ0) is 10.6. The van der Waals surface area contributed by atoms with E-state index in [9.17, 15) is 4.79 Å². The van der Waals surface area contributed by atoms with E-state index in [1.165, 1.54) is 11.3 Å². The van der Waals surface area contributed by atoms with E-state index in [1.807, 2.05) is 6.07 Å². The maximum atomic E-state index is 11.4. The van der Waals surface area contributed by atoms with Crippen LogP contribution in [0.1, 0.15) is 13.3 Å². The zero-order valence-corrected chi connectivity index (χ0v) is 9.85. The molecule has 0 saturated heterocycles. The Kier molecular flexibility index (Phi) is 4.04. The minimum Gasteiger partial charge on any atom is -0.301 e. The molecule has 0 spiro atoms. The Balaban J connectivity index is 2.62. The third-order valence-electron chi connectivity index (χ3n) is 1.59. The zero-order valence-electron chi connectivity index (χ0n) is 7.45. The molecule has 1 aromatic heterocycles. The van der Waals surface area contributed by atoms with Crippen molar-refractivity contribution in [2.24, 2.45) is 5.92 Å². The fraction of sp³-hybridized carbons (Fsp3) is 0.375. The molecule has 1 heterocycles. The van der Waals surface area contributed by atoms with Gasteiger partial charge in [-0.25, -0.2) is 4.98 Å². The fourth-order valence-corrected chi connectivity index (χ4v) is 1.95. The van der Waals surface area contributed by atoms with Crippen molar-refractivity contribution in [2.75, 3.05) is 5.32 Å². The highest BCUT2D eigenvalue weighted by Crippen LogP contribution is 2.23. The van der Waals surface area contributed by atoms with E-state index in [-0.39, 0.29) is 5.91 Å². The lowest BCUT2D eigenvalue weighted by molar-refractivity contribution is -0.118. The predicted octanol–water partition coefficient (Wildman–Crippen LogP) is 2.39. The first-order valence-electron chi connectivity index (χ1n) is 3.99. The van der Waals surface area contributed by atoms with Gasteiger partial charge in [-0.2, -0.15) is 5.26 Å². The lowest BCUT2D eigenvalue weighted by Crippen LogP contribution is -2.20. The van der Waals surface area contributed by atoms with Crippen LogP contribution in [0.4, 0.5) is 5.13 Å². The van der Waals surface area contributed by atoms with Crippen LogP contribution in [-0.4, -0.2) is 10.9 Å². The van der Waals surface area contributed by atoms with Gasteiger partial charge in [-0.1, -0.05) is 18.3 Å². The number of aromatic nitrogens is 1. The minimum atomic E-state index is -0.599. The molecule has 14 heavy (non-hydrogen) atoms. The Morgan fingerprint density at radius 3 is 3.07 bits per heavy atom. The van der Waals surface area contributed by atoms with E-state index in [1.54, 1.807) is 13.1 Å². The number of hydrogen-bond acceptors (Lipinski definition) is 4. The first-order chi connectivity index (χ1) is 6.67. The van der Waals surface area contributed by atoms with Gasteiger partial charge in [0.1, 0.15) is 5.92 Å². The van der Waals surface area contributed by atoms with Crippen LogP contribution in [0.25, 0.3) is 0 Å². The summed E-state index contributed by atoms with van der Waals surface area (Å²) in [6.45, 7) is 1.80. The number of thiazole rings is 1. The molecule has 4 nitrogen and oxygen atoms in total. The second-order valence-corrected chi connectivity index (χ2v) is 4.96. The van der Waals surface area contributed by atoms with E-state index in [0.29, 0.717) is 11.6 Å². The molecule has 1 N–H and O–H groups in total. The Morgan fingerprint density at radius 1 is 1.93 bits per heavy atom. The predicted molar refractivity (Wildman–Crippen MR) is 57.8 cm³/mol. The summed E-state index contributed by atoms with van der Waals surface area (Å²) in [5, 5.41) is 11.7. The second-order valence-electron chi connectivity index (χ2n) is 2.55. The van der Waals surface area contributed by atoms with Crippen molar-refractivity contribution in [3.63, 3.8) is 0 Å². The molecule has 6 heteroatoms. The molecule has 0 aliphatic carbocycles. The number of nitriles is 1. The maximum absolute atomic E-state index is 11.4. The van der Waals surface area contributed by atoms with Crippen molar-refractivity contribution in [3.8, 4) is 6.07 Å². The van der Waals surface area contributed by atoms with Gasteiger partial charge >= 0.3 is 0 Å². The molecule has 0 saturated carbocycles. The number of carbonyl (C=O) groups is 1. The van der Waals surface area contributed by atoms with Crippen LogP contribution in [0, 0.1) is 17.2 Å². The topological polar surface area (TPSA) is 65.8 Å². The first kappa shape index (κ1) is 11.1. The summed E-state index contributed by atoms with van der Waals surface area (Å²) >= 11 is 4.55. The number of carbonyl (C=O) groups excluding carboxylic acids is 1. The van der Waals surface area contributed by atoms with Crippen molar-refractivity contribution >= 4 is 38.3 Å². The van der Waals surface area contributed by atoms with E-state index < -0.39 is 5.92 Å². The first-order valence-corrected chi connectivity index (χ1v) is 5.60. The number of amides is 1. The van der Waals surface area contributed by atoms with E-state index in [4.69, 9.17) is 5.26 Å². The molecular formula is C8H8BrN3OS. The normalized spacial score (nSPS) is 11.8. The van der Waals surface area contributed by atoms with Crippen LogP contribution >= 0.6 is 27.3 Å². The van der Waals surface area contributed by atoms with Crippen LogP contribution < -0.4 is 5.32 Å². The molecule has 1 amide bonds. The SMILES string of the molecule is CCC(C#N)C(=O)Nc1ncc(Br)s1. The third-order valence-corrected chi connectivity index (χ3v) is 2.98. The highest BCUT2D eigenvalue weighted by molar-refractivity contribution is 9.11. The smallest absolute Gasteiger partial charge is 0.243 e. The number of rotatable bonds is 3. The third kappa shape index (κ3) is 2.79. The summed E-state index contributed by atoms with van der Waals surface area (Å²) in [5.74, 6) is -0.894. The Bertz CT molecular complexity index is 371. The van der Waals surface area contributed by atoms with Gasteiger partial charge < -0.3 is 5.32 Å². The van der Waals surface area contributed by atoms with Crippen molar-refractivity contribution in [2.45, 2.75) is 13.3 Å². The van der Waals surface area contributed by atoms with Gasteiger partial charge in [-0.3, -0.25) is 4.79 Å². The van der Waals surface area contributed by atoms with Gasteiger partial charge in [-0.15, -0.1) is 0 Å². The second kappa shape index (κ2) is 5.08. The molecule has 0 fully saturated rings. The Labute approximate surface area is 94.1 Å². The summed E-state index contributed by atoms with van der Waals surface area (Å²) < 4.78 is 0.845. The largest absolute Gasteiger partial charge is 0.301 e. The number of nitrogens with one attached hydrogen (secondary N) is 1. The van der Waals surface area contributed by atoms with Crippen LogP contribution in [0.2, 0.25) is 0 Å².